The van der Waals surface area contributed by atoms with Crippen LogP contribution in [-0.2, 0) is 6.54 Å². The number of halogens is 2. The number of hydrogen-bond donors (Lipinski definition) is 1. The van der Waals surface area contributed by atoms with Gasteiger partial charge in [0.2, 0.25) is 0 Å². The smallest absolute Gasteiger partial charge is 0.265 e. The van der Waals surface area contributed by atoms with Crippen molar-refractivity contribution in [2.45, 2.75) is 19.9 Å². The number of nitrogens with zero attached hydrogens (tertiary/aromatic N) is 1. The van der Waals surface area contributed by atoms with E-state index in [1.165, 1.54) is 12.3 Å². The fraction of sp³-hybridized carbons (Fsp3) is 0.375. The minimum atomic E-state index is -2.46. The van der Waals surface area contributed by atoms with Crippen LogP contribution >= 0.6 is 0 Å². The third-order valence-electron chi connectivity index (χ3n) is 1.65. The highest BCUT2D eigenvalue weighted by molar-refractivity contribution is 5.24. The van der Waals surface area contributed by atoms with Crippen LogP contribution in [0.3, 0.4) is 0 Å². The van der Waals surface area contributed by atoms with E-state index < -0.39 is 6.43 Å². The van der Waals surface area contributed by atoms with Gasteiger partial charge in [0, 0.05) is 18.3 Å². The average molecular weight is 172 g/mol. The van der Waals surface area contributed by atoms with Gasteiger partial charge >= 0.3 is 0 Å². The zero-order valence-corrected chi connectivity index (χ0v) is 6.72. The summed E-state index contributed by atoms with van der Waals surface area (Å²) < 4.78 is 24.2. The normalized spacial score (nSPS) is 10.8. The van der Waals surface area contributed by atoms with Crippen molar-refractivity contribution in [2.24, 2.45) is 5.73 Å². The molecule has 0 radical (unpaired) electrons. The molecule has 1 heterocycles. The molecule has 0 saturated carbocycles. The fourth-order valence-electron chi connectivity index (χ4n) is 0.958. The topological polar surface area (TPSA) is 38.9 Å². The fourth-order valence-corrected chi connectivity index (χ4v) is 0.958. The Kier molecular flexibility index (Phi) is 2.70. The van der Waals surface area contributed by atoms with E-state index in [0.29, 0.717) is 5.69 Å². The van der Waals surface area contributed by atoms with Gasteiger partial charge in [-0.25, -0.2) is 8.78 Å². The summed E-state index contributed by atoms with van der Waals surface area (Å²) in [7, 11) is 0. The van der Waals surface area contributed by atoms with Gasteiger partial charge in [-0.1, -0.05) is 0 Å². The summed E-state index contributed by atoms with van der Waals surface area (Å²) in [6.45, 7) is 2.01. The number of rotatable bonds is 2. The number of hydrogen-bond acceptors (Lipinski definition) is 2. The molecule has 0 spiro atoms. The Morgan fingerprint density at radius 2 is 2.25 bits per heavy atom. The molecule has 66 valence electrons. The molecule has 0 amide bonds. The highest BCUT2D eigenvalue weighted by Gasteiger charge is 2.08. The van der Waals surface area contributed by atoms with E-state index in [4.69, 9.17) is 5.73 Å². The lowest BCUT2D eigenvalue weighted by Crippen LogP contribution is -2.03. The first-order valence-electron chi connectivity index (χ1n) is 3.58. The van der Waals surface area contributed by atoms with Crippen LogP contribution in [0.15, 0.2) is 12.3 Å². The quantitative estimate of drug-likeness (QED) is 0.738. The summed E-state index contributed by atoms with van der Waals surface area (Å²) in [4.78, 5) is 3.81. The molecule has 0 aromatic carbocycles. The molecule has 1 aromatic rings. The van der Waals surface area contributed by atoms with Crippen molar-refractivity contribution in [2.75, 3.05) is 0 Å². The third-order valence-corrected chi connectivity index (χ3v) is 1.65. The summed E-state index contributed by atoms with van der Waals surface area (Å²) in [6.07, 6.45) is -1.29. The van der Waals surface area contributed by atoms with Gasteiger partial charge in [0.25, 0.3) is 6.43 Å². The van der Waals surface area contributed by atoms with Crippen LogP contribution in [0.1, 0.15) is 23.2 Å². The molecule has 0 aliphatic rings. The average Bonchev–Trinajstić information content (AvgIpc) is 2.04. The van der Waals surface area contributed by atoms with E-state index in [2.05, 4.69) is 4.98 Å². The van der Waals surface area contributed by atoms with E-state index in [0.717, 1.165) is 5.56 Å². The van der Waals surface area contributed by atoms with Crippen LogP contribution in [0.5, 0.6) is 0 Å². The number of aromatic nitrogens is 1. The summed E-state index contributed by atoms with van der Waals surface area (Å²) in [5, 5.41) is 0. The van der Waals surface area contributed by atoms with Crippen LogP contribution in [0, 0.1) is 6.92 Å². The Balaban J connectivity index is 3.02. The van der Waals surface area contributed by atoms with Crippen molar-refractivity contribution in [3.63, 3.8) is 0 Å². The Hall–Kier alpha value is -1.03. The van der Waals surface area contributed by atoms with Crippen molar-refractivity contribution in [1.29, 1.82) is 0 Å². The summed E-state index contributed by atoms with van der Waals surface area (Å²) in [6, 6.07) is 1.42. The maximum absolute atomic E-state index is 12.1. The molecule has 0 saturated heterocycles. The minimum absolute atomic E-state index is 0.0512. The lowest BCUT2D eigenvalue weighted by Gasteiger charge is -2.04. The van der Waals surface area contributed by atoms with E-state index in [1.807, 2.05) is 0 Å². The SMILES string of the molecule is Cc1cc(C(F)F)cnc1CN. The number of aryl methyl sites for hydroxylation is 1. The molecular formula is C8H10F2N2. The summed E-state index contributed by atoms with van der Waals surface area (Å²) in [5.74, 6) is 0. The van der Waals surface area contributed by atoms with Crippen molar-refractivity contribution < 1.29 is 8.78 Å². The van der Waals surface area contributed by atoms with Crippen molar-refractivity contribution in [3.8, 4) is 0 Å². The standard InChI is InChI=1S/C8H10F2N2/c1-5-2-6(8(9)10)4-12-7(5)3-11/h2,4,8H,3,11H2,1H3. The van der Waals surface area contributed by atoms with Crippen molar-refractivity contribution in [3.05, 3.63) is 29.1 Å². The second-order valence-corrected chi connectivity index (χ2v) is 2.54. The van der Waals surface area contributed by atoms with E-state index >= 15 is 0 Å². The van der Waals surface area contributed by atoms with E-state index in [1.54, 1.807) is 6.92 Å². The summed E-state index contributed by atoms with van der Waals surface area (Å²) >= 11 is 0. The molecule has 0 aliphatic heterocycles. The van der Waals surface area contributed by atoms with Gasteiger partial charge in [0.1, 0.15) is 0 Å². The van der Waals surface area contributed by atoms with Gasteiger partial charge in [-0.15, -0.1) is 0 Å². The van der Waals surface area contributed by atoms with Gasteiger partial charge in [-0.3, -0.25) is 4.98 Å². The zero-order valence-electron chi connectivity index (χ0n) is 6.72. The molecule has 2 nitrogen and oxygen atoms in total. The van der Waals surface area contributed by atoms with Crippen molar-refractivity contribution >= 4 is 0 Å². The first-order valence-corrected chi connectivity index (χ1v) is 3.58. The molecule has 0 aliphatic carbocycles. The van der Waals surface area contributed by atoms with Gasteiger partial charge in [-0.05, 0) is 18.6 Å². The Labute approximate surface area is 69.4 Å². The predicted molar refractivity (Wildman–Crippen MR) is 41.8 cm³/mol. The molecule has 12 heavy (non-hydrogen) atoms. The van der Waals surface area contributed by atoms with Gasteiger partial charge < -0.3 is 5.73 Å². The first kappa shape index (κ1) is 9.06. The van der Waals surface area contributed by atoms with E-state index in [9.17, 15) is 8.78 Å². The number of alkyl halides is 2. The van der Waals surface area contributed by atoms with Crippen LogP contribution in [0.25, 0.3) is 0 Å². The molecule has 4 heteroatoms. The highest BCUT2D eigenvalue weighted by Crippen LogP contribution is 2.19. The molecule has 0 unspecified atom stereocenters. The zero-order chi connectivity index (χ0) is 9.14. The molecule has 0 atom stereocenters. The van der Waals surface area contributed by atoms with E-state index in [-0.39, 0.29) is 12.1 Å². The first-order chi connectivity index (χ1) is 5.65. The Morgan fingerprint density at radius 1 is 1.58 bits per heavy atom. The maximum Gasteiger partial charge on any atom is 0.265 e. The molecule has 0 bridgehead atoms. The molecular weight excluding hydrogens is 162 g/mol. The number of nitrogens with two attached hydrogens (primary N) is 1. The van der Waals surface area contributed by atoms with Crippen LogP contribution in [0.4, 0.5) is 8.78 Å². The maximum atomic E-state index is 12.1. The largest absolute Gasteiger partial charge is 0.325 e. The van der Waals surface area contributed by atoms with Crippen LogP contribution in [-0.4, -0.2) is 4.98 Å². The molecule has 0 fully saturated rings. The Morgan fingerprint density at radius 3 is 2.67 bits per heavy atom. The lowest BCUT2D eigenvalue weighted by molar-refractivity contribution is 0.151. The van der Waals surface area contributed by atoms with Crippen LogP contribution in [0.2, 0.25) is 0 Å². The Bertz CT molecular complexity index is 274. The second-order valence-electron chi connectivity index (χ2n) is 2.54. The molecule has 1 rings (SSSR count). The lowest BCUT2D eigenvalue weighted by atomic mass is 10.1. The summed E-state index contributed by atoms with van der Waals surface area (Å²) in [5.41, 5.74) is 6.66. The number of pyridine rings is 1. The van der Waals surface area contributed by atoms with Crippen molar-refractivity contribution in [1.82, 2.24) is 4.98 Å². The van der Waals surface area contributed by atoms with Gasteiger partial charge in [-0.2, -0.15) is 0 Å². The molecule has 2 N–H and O–H groups in total. The predicted octanol–water partition coefficient (Wildman–Crippen LogP) is 1.79. The van der Waals surface area contributed by atoms with Gasteiger partial charge in [0.15, 0.2) is 0 Å². The highest BCUT2D eigenvalue weighted by atomic mass is 19.3. The van der Waals surface area contributed by atoms with Gasteiger partial charge in [0.05, 0.1) is 5.69 Å². The molecule has 1 aromatic heterocycles. The second kappa shape index (κ2) is 3.58. The third kappa shape index (κ3) is 1.76. The minimum Gasteiger partial charge on any atom is -0.325 e. The monoisotopic (exact) mass is 172 g/mol. The van der Waals surface area contributed by atoms with Crippen LogP contribution < -0.4 is 5.73 Å².